The summed E-state index contributed by atoms with van der Waals surface area (Å²) < 4.78 is 4.96. The van der Waals surface area contributed by atoms with Gasteiger partial charge in [0.25, 0.3) is 0 Å². The van der Waals surface area contributed by atoms with Gasteiger partial charge in [-0.15, -0.1) is 0 Å². The molecule has 0 saturated carbocycles. The summed E-state index contributed by atoms with van der Waals surface area (Å²) >= 11 is 0. The highest BCUT2D eigenvalue weighted by Gasteiger charge is 2.05. The summed E-state index contributed by atoms with van der Waals surface area (Å²) in [7, 11) is 0. The zero-order valence-electron chi connectivity index (χ0n) is 7.83. The molecule has 82 valence electrons. The minimum atomic E-state index is -0.976. The van der Waals surface area contributed by atoms with E-state index in [0.29, 0.717) is 12.2 Å². The molecule has 7 nitrogen and oxygen atoms in total. The van der Waals surface area contributed by atoms with E-state index in [4.69, 9.17) is 14.9 Å². The number of carbonyl (C=O) groups is 1. The van der Waals surface area contributed by atoms with Crippen LogP contribution in [0, 0.1) is 0 Å². The van der Waals surface area contributed by atoms with Crippen LogP contribution in [0.3, 0.4) is 0 Å². The van der Waals surface area contributed by atoms with E-state index in [2.05, 4.69) is 15.3 Å². The number of ether oxygens (including phenoxy) is 1. The third kappa shape index (κ3) is 3.88. The van der Waals surface area contributed by atoms with Gasteiger partial charge in [0.2, 0.25) is 6.41 Å². The first-order valence-electron chi connectivity index (χ1n) is 4.21. The molecule has 0 bridgehead atoms. The quantitative estimate of drug-likeness (QED) is 0.511. The molecule has 15 heavy (non-hydrogen) atoms. The first kappa shape index (κ1) is 11.3. The van der Waals surface area contributed by atoms with Crippen LogP contribution in [0.2, 0.25) is 0 Å². The zero-order chi connectivity index (χ0) is 11.1. The molecule has 1 heterocycles. The molecule has 0 fully saturated rings. The molecular formula is C8H11N3O4. The molecular weight excluding hydrogens is 202 g/mol. The number of nitrogens with one attached hydrogen (secondary N) is 1. The Morgan fingerprint density at radius 3 is 3.13 bits per heavy atom. The second kappa shape index (κ2) is 5.89. The number of hydrogen-bond acceptors (Lipinski definition) is 6. The summed E-state index contributed by atoms with van der Waals surface area (Å²) in [4.78, 5) is 17.7. The van der Waals surface area contributed by atoms with Crippen molar-refractivity contribution in [3.8, 4) is 6.01 Å². The topological polar surface area (TPSA) is 105 Å². The minimum Gasteiger partial charge on any atom is -0.461 e. The van der Waals surface area contributed by atoms with Crippen molar-refractivity contribution in [3.63, 3.8) is 0 Å². The molecule has 0 saturated heterocycles. The predicted molar refractivity (Wildman–Crippen MR) is 50.3 cm³/mol. The number of hydrogen-bond donors (Lipinski definition) is 3. The average molecular weight is 213 g/mol. The predicted octanol–water partition coefficient (Wildman–Crippen LogP) is -1.22. The molecule has 0 spiro atoms. The summed E-state index contributed by atoms with van der Waals surface area (Å²) in [6.07, 6.45) is 0.907. The van der Waals surface area contributed by atoms with Crippen LogP contribution in [0.1, 0.15) is 0 Å². The highest BCUT2D eigenvalue weighted by Crippen LogP contribution is 2.06. The third-order valence-corrected chi connectivity index (χ3v) is 1.46. The Hall–Kier alpha value is -1.73. The summed E-state index contributed by atoms with van der Waals surface area (Å²) in [6.45, 7) is -0.507. The SMILES string of the molecule is O=CNc1ccnc(OCC(O)CO)n1. The fourth-order valence-electron chi connectivity index (χ4n) is 0.775. The molecule has 1 aromatic heterocycles. The molecule has 1 aromatic rings. The number of nitrogens with zero attached hydrogens (tertiary/aromatic N) is 2. The summed E-state index contributed by atoms with van der Waals surface area (Å²) in [6, 6.07) is 1.51. The number of amides is 1. The van der Waals surface area contributed by atoms with Gasteiger partial charge in [0.1, 0.15) is 18.5 Å². The van der Waals surface area contributed by atoms with Crippen LogP contribution in [0.5, 0.6) is 6.01 Å². The third-order valence-electron chi connectivity index (χ3n) is 1.46. The number of rotatable bonds is 6. The number of carbonyl (C=O) groups excluding carboxylic acids is 1. The first-order valence-corrected chi connectivity index (χ1v) is 4.21. The monoisotopic (exact) mass is 213 g/mol. The Bertz CT molecular complexity index is 321. The lowest BCUT2D eigenvalue weighted by atomic mass is 10.4. The van der Waals surface area contributed by atoms with Gasteiger partial charge in [-0.25, -0.2) is 4.98 Å². The summed E-state index contributed by atoms with van der Waals surface area (Å²) in [5, 5.41) is 19.8. The summed E-state index contributed by atoms with van der Waals surface area (Å²) in [5.41, 5.74) is 0. The largest absolute Gasteiger partial charge is 0.461 e. The number of aromatic nitrogens is 2. The second-order valence-corrected chi connectivity index (χ2v) is 2.63. The maximum Gasteiger partial charge on any atom is 0.318 e. The summed E-state index contributed by atoms with van der Waals surface area (Å²) in [5.74, 6) is 0.300. The molecule has 0 aliphatic carbocycles. The van der Waals surface area contributed by atoms with E-state index in [9.17, 15) is 4.79 Å². The average Bonchev–Trinajstić information content (AvgIpc) is 2.27. The maximum absolute atomic E-state index is 10.1. The second-order valence-electron chi connectivity index (χ2n) is 2.63. The molecule has 1 rings (SSSR count). The van der Waals surface area contributed by atoms with Crippen LogP contribution in [0.25, 0.3) is 0 Å². The fourth-order valence-corrected chi connectivity index (χ4v) is 0.775. The van der Waals surface area contributed by atoms with Crippen LogP contribution < -0.4 is 10.1 Å². The van der Waals surface area contributed by atoms with E-state index in [1.54, 1.807) is 0 Å². The van der Waals surface area contributed by atoms with Gasteiger partial charge >= 0.3 is 6.01 Å². The van der Waals surface area contributed by atoms with Crippen molar-refractivity contribution >= 4 is 12.2 Å². The highest BCUT2D eigenvalue weighted by molar-refractivity contribution is 5.68. The molecule has 1 unspecified atom stereocenters. The lowest BCUT2D eigenvalue weighted by molar-refractivity contribution is -0.105. The molecule has 3 N–H and O–H groups in total. The van der Waals surface area contributed by atoms with E-state index >= 15 is 0 Å². The maximum atomic E-state index is 10.1. The number of aliphatic hydroxyl groups excluding tert-OH is 2. The fraction of sp³-hybridized carbons (Fsp3) is 0.375. The Kier molecular flexibility index (Phi) is 4.45. The van der Waals surface area contributed by atoms with Gasteiger partial charge in [0.05, 0.1) is 6.61 Å². The van der Waals surface area contributed by atoms with Crippen LogP contribution in [0.4, 0.5) is 5.82 Å². The molecule has 1 amide bonds. The van der Waals surface area contributed by atoms with Gasteiger partial charge in [-0.2, -0.15) is 4.98 Å². The van der Waals surface area contributed by atoms with Crippen molar-refractivity contribution in [1.29, 1.82) is 0 Å². The molecule has 0 aliphatic heterocycles. The Morgan fingerprint density at radius 1 is 1.67 bits per heavy atom. The lowest BCUT2D eigenvalue weighted by Gasteiger charge is -2.08. The number of aliphatic hydroxyl groups is 2. The van der Waals surface area contributed by atoms with Crippen molar-refractivity contribution in [2.45, 2.75) is 6.10 Å². The molecule has 1 atom stereocenters. The minimum absolute atomic E-state index is 0.0225. The Balaban J connectivity index is 2.53. The molecule has 0 aromatic carbocycles. The number of anilines is 1. The van der Waals surface area contributed by atoms with Gasteiger partial charge in [0.15, 0.2) is 0 Å². The van der Waals surface area contributed by atoms with E-state index in [-0.39, 0.29) is 12.6 Å². The van der Waals surface area contributed by atoms with Gasteiger partial charge in [-0.3, -0.25) is 4.79 Å². The van der Waals surface area contributed by atoms with E-state index < -0.39 is 12.7 Å². The van der Waals surface area contributed by atoms with Crippen LogP contribution in [-0.4, -0.2) is 45.9 Å². The Labute approximate surface area is 85.7 Å². The normalized spacial score (nSPS) is 11.9. The first-order chi connectivity index (χ1) is 7.26. The van der Waals surface area contributed by atoms with Gasteiger partial charge in [-0.05, 0) is 6.07 Å². The van der Waals surface area contributed by atoms with Crippen molar-refractivity contribution in [1.82, 2.24) is 9.97 Å². The van der Waals surface area contributed by atoms with E-state index in [1.807, 2.05) is 0 Å². The Morgan fingerprint density at radius 2 is 2.47 bits per heavy atom. The van der Waals surface area contributed by atoms with Crippen molar-refractivity contribution in [2.24, 2.45) is 0 Å². The van der Waals surface area contributed by atoms with Gasteiger partial charge in [-0.1, -0.05) is 0 Å². The van der Waals surface area contributed by atoms with Crippen molar-refractivity contribution < 1.29 is 19.7 Å². The van der Waals surface area contributed by atoms with E-state index in [1.165, 1.54) is 12.3 Å². The zero-order valence-corrected chi connectivity index (χ0v) is 7.83. The highest BCUT2D eigenvalue weighted by atomic mass is 16.5. The van der Waals surface area contributed by atoms with Crippen LogP contribution in [0.15, 0.2) is 12.3 Å². The standard InChI is InChI=1S/C8H11N3O4/c12-3-6(14)4-15-8-9-2-1-7(11-8)10-5-13/h1-2,5-6,12,14H,3-4H2,(H,9,10,11,13). The van der Waals surface area contributed by atoms with Gasteiger partial charge in [0, 0.05) is 6.20 Å². The molecule has 0 radical (unpaired) electrons. The van der Waals surface area contributed by atoms with Crippen LogP contribution >= 0.6 is 0 Å². The van der Waals surface area contributed by atoms with Crippen molar-refractivity contribution in [2.75, 3.05) is 18.5 Å². The van der Waals surface area contributed by atoms with E-state index in [0.717, 1.165) is 0 Å². The smallest absolute Gasteiger partial charge is 0.318 e. The van der Waals surface area contributed by atoms with Gasteiger partial charge < -0.3 is 20.3 Å². The van der Waals surface area contributed by atoms with Crippen molar-refractivity contribution in [3.05, 3.63) is 12.3 Å². The molecule has 7 heteroatoms. The van der Waals surface area contributed by atoms with Crippen LogP contribution in [-0.2, 0) is 4.79 Å². The molecule has 0 aliphatic rings. The lowest BCUT2D eigenvalue weighted by Crippen LogP contribution is -2.22.